The van der Waals surface area contributed by atoms with Gasteiger partial charge in [-0.1, -0.05) is 99.0 Å². The Labute approximate surface area is 254 Å². The molecule has 3 aromatic carbocycles. The number of benzene rings is 3. The third kappa shape index (κ3) is 8.35. The van der Waals surface area contributed by atoms with Crippen molar-refractivity contribution in [3.63, 3.8) is 0 Å². The van der Waals surface area contributed by atoms with Crippen molar-refractivity contribution in [3.8, 4) is 0 Å². The van der Waals surface area contributed by atoms with Crippen LogP contribution in [-0.2, 0) is 32.6 Å². The SMILES string of the molecule is CC(C)c1ccccc1N(CC(=O)N(Cc1cccc(Cl)c1)C(Cc1ccccc1)C(=O)NC1CCCC1)S(C)(=O)=O. The summed E-state index contributed by atoms with van der Waals surface area (Å²) in [6.45, 7) is 3.62. The van der Waals surface area contributed by atoms with Gasteiger partial charge in [0.1, 0.15) is 12.6 Å². The van der Waals surface area contributed by atoms with Crippen LogP contribution >= 0.6 is 11.6 Å². The minimum atomic E-state index is -3.84. The van der Waals surface area contributed by atoms with Crippen LogP contribution in [0.1, 0.15) is 62.1 Å². The summed E-state index contributed by atoms with van der Waals surface area (Å²) in [6, 6.07) is 23.1. The second-order valence-corrected chi connectivity index (χ2v) is 13.7. The molecule has 1 atom stereocenters. The predicted molar refractivity (Wildman–Crippen MR) is 169 cm³/mol. The van der Waals surface area contributed by atoms with Crippen molar-refractivity contribution in [1.82, 2.24) is 10.2 Å². The number of anilines is 1. The molecule has 9 heteroatoms. The Morgan fingerprint density at radius 3 is 2.21 bits per heavy atom. The molecule has 0 radical (unpaired) electrons. The van der Waals surface area contributed by atoms with E-state index in [1.54, 1.807) is 30.3 Å². The molecule has 0 heterocycles. The first-order chi connectivity index (χ1) is 20.0. The number of para-hydroxylation sites is 1. The van der Waals surface area contributed by atoms with Gasteiger partial charge in [-0.05, 0) is 53.6 Å². The van der Waals surface area contributed by atoms with E-state index in [2.05, 4.69) is 5.32 Å². The highest BCUT2D eigenvalue weighted by Gasteiger charge is 2.34. The third-order valence-electron chi connectivity index (χ3n) is 7.72. The topological polar surface area (TPSA) is 86.8 Å². The van der Waals surface area contributed by atoms with Crippen LogP contribution in [0.25, 0.3) is 0 Å². The number of nitrogens with zero attached hydrogens (tertiary/aromatic N) is 2. The number of carbonyl (C=O) groups is 2. The molecule has 0 spiro atoms. The smallest absolute Gasteiger partial charge is 0.244 e. The fraction of sp³-hybridized carbons (Fsp3) is 0.394. The Bertz CT molecular complexity index is 1470. The number of hydrogen-bond donors (Lipinski definition) is 1. The number of sulfonamides is 1. The largest absolute Gasteiger partial charge is 0.352 e. The summed E-state index contributed by atoms with van der Waals surface area (Å²) < 4.78 is 27.5. The first-order valence-electron chi connectivity index (χ1n) is 14.5. The highest BCUT2D eigenvalue weighted by atomic mass is 35.5. The van der Waals surface area contributed by atoms with Crippen molar-refractivity contribution in [2.75, 3.05) is 17.1 Å². The second-order valence-electron chi connectivity index (χ2n) is 11.3. The minimum absolute atomic E-state index is 0.0335. The fourth-order valence-electron chi connectivity index (χ4n) is 5.55. The van der Waals surface area contributed by atoms with Gasteiger partial charge >= 0.3 is 0 Å². The maximum Gasteiger partial charge on any atom is 0.244 e. The van der Waals surface area contributed by atoms with Gasteiger partial charge in [0.25, 0.3) is 0 Å². The zero-order valence-electron chi connectivity index (χ0n) is 24.5. The molecule has 42 heavy (non-hydrogen) atoms. The number of rotatable bonds is 12. The van der Waals surface area contributed by atoms with E-state index in [0.717, 1.165) is 52.9 Å². The lowest BCUT2D eigenvalue weighted by atomic mass is 10.0. The van der Waals surface area contributed by atoms with E-state index in [4.69, 9.17) is 11.6 Å². The van der Waals surface area contributed by atoms with Crippen LogP contribution in [0, 0.1) is 0 Å². The molecule has 0 aromatic heterocycles. The van der Waals surface area contributed by atoms with Crippen molar-refractivity contribution in [1.29, 1.82) is 0 Å². The van der Waals surface area contributed by atoms with Crippen molar-refractivity contribution in [2.45, 2.75) is 70.5 Å². The summed E-state index contributed by atoms with van der Waals surface area (Å²) in [5.74, 6) is -0.679. The fourth-order valence-corrected chi connectivity index (χ4v) is 6.63. The summed E-state index contributed by atoms with van der Waals surface area (Å²) in [5.41, 5.74) is 2.92. The van der Waals surface area contributed by atoms with Gasteiger partial charge in [0, 0.05) is 24.0 Å². The quantitative estimate of drug-likeness (QED) is 0.276. The Hall–Kier alpha value is -3.36. The molecule has 1 N–H and O–H groups in total. The summed E-state index contributed by atoms with van der Waals surface area (Å²) in [5, 5.41) is 3.69. The van der Waals surface area contributed by atoms with Gasteiger partial charge in [-0.25, -0.2) is 8.42 Å². The molecule has 0 aliphatic heterocycles. The predicted octanol–water partition coefficient (Wildman–Crippen LogP) is 5.93. The first kappa shape index (κ1) is 31.6. The van der Waals surface area contributed by atoms with Crippen LogP contribution in [0.15, 0.2) is 78.9 Å². The molecule has 4 rings (SSSR count). The van der Waals surface area contributed by atoms with Crippen molar-refractivity contribution in [3.05, 3.63) is 101 Å². The molecular weight excluding hydrogens is 570 g/mol. The van der Waals surface area contributed by atoms with Gasteiger partial charge < -0.3 is 10.2 Å². The van der Waals surface area contributed by atoms with Crippen molar-refractivity contribution < 1.29 is 18.0 Å². The second kappa shape index (κ2) is 14.2. The lowest BCUT2D eigenvalue weighted by Gasteiger charge is -2.34. The summed E-state index contributed by atoms with van der Waals surface area (Å²) in [4.78, 5) is 29.8. The normalized spacial score (nSPS) is 14.5. The van der Waals surface area contributed by atoms with E-state index in [9.17, 15) is 18.0 Å². The van der Waals surface area contributed by atoms with E-state index in [-0.39, 0.29) is 30.8 Å². The molecule has 3 aromatic rings. The molecule has 2 amide bonds. The van der Waals surface area contributed by atoms with Crippen LogP contribution in [0.5, 0.6) is 0 Å². The van der Waals surface area contributed by atoms with Gasteiger partial charge in [-0.15, -0.1) is 0 Å². The monoisotopic (exact) mass is 609 g/mol. The van der Waals surface area contributed by atoms with E-state index in [1.807, 2.05) is 62.4 Å². The Morgan fingerprint density at radius 2 is 1.57 bits per heavy atom. The molecule has 1 aliphatic carbocycles. The van der Waals surface area contributed by atoms with Crippen LogP contribution in [0.4, 0.5) is 5.69 Å². The highest BCUT2D eigenvalue weighted by Crippen LogP contribution is 2.29. The number of hydrogen-bond acceptors (Lipinski definition) is 4. The van der Waals surface area contributed by atoms with Crippen LogP contribution in [0.2, 0.25) is 5.02 Å². The van der Waals surface area contributed by atoms with E-state index >= 15 is 0 Å². The average molecular weight is 610 g/mol. The van der Waals surface area contributed by atoms with Crippen LogP contribution < -0.4 is 9.62 Å². The van der Waals surface area contributed by atoms with E-state index in [1.165, 1.54) is 4.90 Å². The van der Waals surface area contributed by atoms with Gasteiger partial charge in [0.15, 0.2) is 0 Å². The molecule has 1 saturated carbocycles. The Morgan fingerprint density at radius 1 is 0.929 bits per heavy atom. The lowest BCUT2D eigenvalue weighted by Crippen LogP contribution is -2.54. The Kier molecular flexibility index (Phi) is 10.7. The summed E-state index contributed by atoms with van der Waals surface area (Å²) >= 11 is 6.29. The molecule has 1 unspecified atom stereocenters. The maximum absolute atomic E-state index is 14.3. The van der Waals surface area contributed by atoms with Gasteiger partial charge in [-0.2, -0.15) is 0 Å². The molecule has 1 fully saturated rings. The zero-order chi connectivity index (χ0) is 30.3. The van der Waals surface area contributed by atoms with Crippen molar-refractivity contribution in [2.24, 2.45) is 0 Å². The van der Waals surface area contributed by atoms with Crippen molar-refractivity contribution >= 4 is 39.1 Å². The number of halogens is 1. The Balaban J connectivity index is 1.75. The standard InChI is InChI=1S/C33H40ClN3O4S/c1-24(2)29-18-9-10-19-30(29)37(42(3,40)41)23-32(38)36(22-26-14-11-15-27(34)20-26)31(21-25-12-5-4-6-13-25)33(39)35-28-16-7-8-17-28/h4-6,9-15,18-20,24,28,31H,7-8,16-17,21-23H2,1-3H3,(H,35,39). The lowest BCUT2D eigenvalue weighted by molar-refractivity contribution is -0.140. The molecule has 0 saturated heterocycles. The number of carbonyl (C=O) groups excluding carboxylic acids is 2. The van der Waals surface area contributed by atoms with E-state index < -0.39 is 28.5 Å². The van der Waals surface area contributed by atoms with Gasteiger partial charge in [0.05, 0.1) is 11.9 Å². The number of nitrogens with one attached hydrogen (secondary N) is 1. The molecular formula is C33H40ClN3O4S. The number of amides is 2. The van der Waals surface area contributed by atoms with Crippen LogP contribution in [0.3, 0.4) is 0 Å². The molecule has 1 aliphatic rings. The van der Waals surface area contributed by atoms with Gasteiger partial charge in [0.2, 0.25) is 21.8 Å². The first-order valence-corrected chi connectivity index (χ1v) is 16.7. The molecule has 0 bridgehead atoms. The van der Waals surface area contributed by atoms with Gasteiger partial charge in [-0.3, -0.25) is 13.9 Å². The average Bonchev–Trinajstić information content (AvgIpc) is 3.46. The maximum atomic E-state index is 14.3. The molecule has 224 valence electrons. The van der Waals surface area contributed by atoms with Crippen LogP contribution in [-0.4, -0.2) is 50.0 Å². The molecule has 7 nitrogen and oxygen atoms in total. The summed E-state index contributed by atoms with van der Waals surface area (Å²) in [6.07, 6.45) is 5.30. The highest BCUT2D eigenvalue weighted by molar-refractivity contribution is 7.92. The van der Waals surface area contributed by atoms with E-state index in [0.29, 0.717) is 10.7 Å². The minimum Gasteiger partial charge on any atom is -0.352 e. The third-order valence-corrected chi connectivity index (χ3v) is 9.08. The summed E-state index contributed by atoms with van der Waals surface area (Å²) in [7, 11) is -3.84. The zero-order valence-corrected chi connectivity index (χ0v) is 26.1.